The number of hydrogen-bond acceptors (Lipinski definition) is 0. The molecule has 0 amide bonds. The minimum atomic E-state index is 0. The van der Waals surface area contributed by atoms with Crippen LogP contribution in [0.2, 0.25) is 0 Å². The van der Waals surface area contributed by atoms with E-state index in [2.05, 4.69) is 26.5 Å². The van der Waals surface area contributed by atoms with Crippen LogP contribution in [-0.2, 0) is 0 Å². The molecule has 0 aromatic heterocycles. The molecule has 0 heteroatoms. The zero-order valence-corrected chi connectivity index (χ0v) is 8.44. The van der Waals surface area contributed by atoms with E-state index in [1.54, 1.807) is 0 Å². The first kappa shape index (κ1) is 17.3. The Bertz CT molecular complexity index is 147. The molecule has 0 aliphatic rings. The molecule has 0 aromatic rings. The van der Waals surface area contributed by atoms with Crippen molar-refractivity contribution in [1.82, 2.24) is 0 Å². The van der Waals surface area contributed by atoms with Gasteiger partial charge in [-0.2, -0.15) is 0 Å². The third kappa shape index (κ3) is 9.22. The van der Waals surface area contributed by atoms with Crippen molar-refractivity contribution in [3.63, 3.8) is 0 Å². The summed E-state index contributed by atoms with van der Waals surface area (Å²) in [6.45, 7) is 13.8. The van der Waals surface area contributed by atoms with E-state index in [0.717, 1.165) is 0 Å². The van der Waals surface area contributed by atoms with Crippen LogP contribution in [0.4, 0.5) is 0 Å². The van der Waals surface area contributed by atoms with Crippen molar-refractivity contribution < 1.29 is 0 Å². The van der Waals surface area contributed by atoms with Gasteiger partial charge in [-0.25, -0.2) is 0 Å². The molecular weight excluding hydrogens is 144 g/mol. The summed E-state index contributed by atoms with van der Waals surface area (Å²) in [6.07, 6.45) is 5.91. The zero-order chi connectivity index (χ0) is 9.28. The summed E-state index contributed by atoms with van der Waals surface area (Å²) in [6, 6.07) is 0. The van der Waals surface area contributed by atoms with Crippen LogP contribution in [0.1, 0.15) is 42.0 Å². The summed E-state index contributed by atoms with van der Waals surface area (Å²) >= 11 is 0. The van der Waals surface area contributed by atoms with Gasteiger partial charge in [0, 0.05) is 0 Å². The first-order valence-electron chi connectivity index (χ1n) is 4.15. The lowest BCUT2D eigenvalue weighted by atomic mass is 10.1. The van der Waals surface area contributed by atoms with Crippen LogP contribution >= 0.6 is 0 Å². The summed E-state index contributed by atoms with van der Waals surface area (Å²) < 4.78 is 0. The lowest BCUT2D eigenvalue weighted by Gasteiger charge is -1.95. The fourth-order valence-electron chi connectivity index (χ4n) is 0.536. The van der Waals surface area contributed by atoms with Crippen LogP contribution in [-0.4, -0.2) is 0 Å². The fraction of sp³-hybridized carbons (Fsp3) is 0.500. The van der Waals surface area contributed by atoms with Crippen molar-refractivity contribution in [3.8, 4) is 0 Å². The Morgan fingerprint density at radius 1 is 1.08 bits per heavy atom. The lowest BCUT2D eigenvalue weighted by molar-refractivity contribution is 1.33. The smallest absolute Gasteiger partial charge is 0.0395 e. The number of rotatable bonds is 2. The van der Waals surface area contributed by atoms with E-state index < -0.39 is 0 Å². The molecule has 0 bridgehead atoms. The maximum Gasteiger partial charge on any atom is -0.0395 e. The van der Waals surface area contributed by atoms with Crippen LogP contribution in [0.3, 0.4) is 0 Å². The summed E-state index contributed by atoms with van der Waals surface area (Å²) in [4.78, 5) is 0. The van der Waals surface area contributed by atoms with E-state index >= 15 is 0 Å². The Morgan fingerprint density at radius 3 is 1.75 bits per heavy atom. The average Bonchev–Trinajstić information content (AvgIpc) is 2.07. The summed E-state index contributed by atoms with van der Waals surface area (Å²) in [5.74, 6) is 0. The second-order valence-corrected chi connectivity index (χ2v) is 2.06. The first-order chi connectivity index (χ1) is 5.22. The predicted octanol–water partition coefficient (Wildman–Crippen LogP) is 4.75. The maximum absolute atomic E-state index is 3.61. The Labute approximate surface area is 78.7 Å². The van der Waals surface area contributed by atoms with Gasteiger partial charge in [0.15, 0.2) is 0 Å². The minimum absolute atomic E-state index is 0. The molecule has 0 radical (unpaired) electrons. The summed E-state index contributed by atoms with van der Waals surface area (Å²) in [5.41, 5.74) is 2.60. The molecule has 0 aliphatic carbocycles. The normalized spacial score (nSPS) is 10.8. The highest BCUT2D eigenvalue weighted by Crippen LogP contribution is 2.06. The molecule has 0 atom stereocenters. The van der Waals surface area contributed by atoms with Crippen LogP contribution in [0.25, 0.3) is 0 Å². The van der Waals surface area contributed by atoms with Gasteiger partial charge in [-0.05, 0) is 26.3 Å². The summed E-state index contributed by atoms with van der Waals surface area (Å²) in [5, 5.41) is 0. The van der Waals surface area contributed by atoms with Crippen molar-refractivity contribution in [2.24, 2.45) is 0 Å². The van der Waals surface area contributed by atoms with Gasteiger partial charge in [0.25, 0.3) is 0 Å². The lowest BCUT2D eigenvalue weighted by Crippen LogP contribution is -1.75. The molecule has 72 valence electrons. The first-order valence-corrected chi connectivity index (χ1v) is 4.15. The quantitative estimate of drug-likeness (QED) is 0.522. The molecule has 0 saturated carbocycles. The van der Waals surface area contributed by atoms with E-state index in [1.807, 2.05) is 32.9 Å². The van der Waals surface area contributed by atoms with Crippen LogP contribution in [0.5, 0.6) is 0 Å². The standard InChI is InChI=1S/C9H14.C2H6.CH4/c1-5-7-9(4)8(3)6-2;1-2;/h5-7H,1H2,2-4H3;1-2H3;1H4/b8-6-,9-7-;;. The van der Waals surface area contributed by atoms with E-state index in [9.17, 15) is 0 Å². The third-order valence-corrected chi connectivity index (χ3v) is 1.42. The van der Waals surface area contributed by atoms with E-state index in [1.165, 1.54) is 11.1 Å². The highest BCUT2D eigenvalue weighted by Gasteiger charge is 1.85. The fourth-order valence-corrected chi connectivity index (χ4v) is 0.536. The molecular formula is C12H24. The molecule has 0 N–H and O–H groups in total. The van der Waals surface area contributed by atoms with Crippen LogP contribution < -0.4 is 0 Å². The van der Waals surface area contributed by atoms with Gasteiger partial charge in [-0.1, -0.05) is 51.7 Å². The van der Waals surface area contributed by atoms with E-state index in [4.69, 9.17) is 0 Å². The van der Waals surface area contributed by atoms with Crippen molar-refractivity contribution >= 4 is 0 Å². The van der Waals surface area contributed by atoms with Crippen molar-refractivity contribution in [3.05, 3.63) is 36.0 Å². The molecule has 0 heterocycles. The third-order valence-electron chi connectivity index (χ3n) is 1.42. The Morgan fingerprint density at radius 2 is 1.50 bits per heavy atom. The molecule has 0 unspecified atom stereocenters. The highest BCUT2D eigenvalue weighted by molar-refractivity contribution is 5.28. The second kappa shape index (κ2) is 12.9. The van der Waals surface area contributed by atoms with Gasteiger partial charge in [0.05, 0.1) is 0 Å². The predicted molar refractivity (Wildman–Crippen MR) is 61.5 cm³/mol. The molecule has 0 nitrogen and oxygen atoms in total. The molecule has 0 rings (SSSR count). The van der Waals surface area contributed by atoms with Crippen LogP contribution in [0.15, 0.2) is 36.0 Å². The average molecular weight is 168 g/mol. The van der Waals surface area contributed by atoms with Crippen LogP contribution in [0, 0.1) is 0 Å². The Hall–Kier alpha value is -0.780. The topological polar surface area (TPSA) is 0 Å². The molecule has 0 spiro atoms. The van der Waals surface area contributed by atoms with Gasteiger partial charge >= 0.3 is 0 Å². The maximum atomic E-state index is 3.61. The number of hydrogen-bond donors (Lipinski definition) is 0. The monoisotopic (exact) mass is 168 g/mol. The van der Waals surface area contributed by atoms with Gasteiger partial charge in [0.2, 0.25) is 0 Å². The van der Waals surface area contributed by atoms with Crippen molar-refractivity contribution in [2.45, 2.75) is 42.0 Å². The van der Waals surface area contributed by atoms with Gasteiger partial charge in [0.1, 0.15) is 0 Å². The highest BCUT2D eigenvalue weighted by atomic mass is 13.9. The molecule has 0 saturated heterocycles. The van der Waals surface area contributed by atoms with Crippen molar-refractivity contribution in [1.29, 1.82) is 0 Å². The Kier molecular flexibility index (Phi) is 18.6. The van der Waals surface area contributed by atoms with Crippen molar-refractivity contribution in [2.75, 3.05) is 0 Å². The molecule has 0 fully saturated rings. The molecule has 12 heavy (non-hydrogen) atoms. The van der Waals surface area contributed by atoms with Gasteiger partial charge < -0.3 is 0 Å². The SMILES string of the molecule is C.C=C/C=C(C)\C(C)=C/C.CC. The van der Waals surface area contributed by atoms with E-state index in [0.29, 0.717) is 0 Å². The van der Waals surface area contributed by atoms with E-state index in [-0.39, 0.29) is 7.43 Å². The number of allylic oxidation sites excluding steroid dienone is 5. The Balaban J connectivity index is -0.000000249. The molecule has 0 aromatic carbocycles. The summed E-state index contributed by atoms with van der Waals surface area (Å²) in [7, 11) is 0. The van der Waals surface area contributed by atoms with Gasteiger partial charge in [-0.3, -0.25) is 0 Å². The second-order valence-electron chi connectivity index (χ2n) is 2.06. The largest absolute Gasteiger partial charge is 0.0991 e. The van der Waals surface area contributed by atoms with Gasteiger partial charge in [-0.15, -0.1) is 0 Å². The zero-order valence-electron chi connectivity index (χ0n) is 8.44. The molecule has 0 aliphatic heterocycles. The minimum Gasteiger partial charge on any atom is -0.0991 e.